The van der Waals surface area contributed by atoms with E-state index in [0.29, 0.717) is 19.6 Å². The standard InChI is InChI=1S/C17H30N2O6/c1-11-6-7-17(19(11)15(23)25-16(3,4)5)8-18(10-24-9-17)13(12(2)20)14(21)22/h11-13,20H,6-10H2,1-5H3,(H,21,22)/t11?,12-,13+,17?/m1/s1. The molecule has 0 aromatic rings. The first kappa shape index (κ1) is 19.9. The van der Waals surface area contributed by atoms with Gasteiger partial charge in [-0.1, -0.05) is 0 Å². The van der Waals surface area contributed by atoms with Gasteiger partial charge < -0.3 is 19.7 Å². The highest BCUT2D eigenvalue weighted by atomic mass is 16.6. The first-order valence-corrected chi connectivity index (χ1v) is 8.72. The van der Waals surface area contributed by atoms with Gasteiger partial charge in [-0.25, -0.2) is 4.79 Å². The van der Waals surface area contributed by atoms with Crippen molar-refractivity contribution < 1.29 is 29.3 Å². The minimum absolute atomic E-state index is 0.0202. The zero-order valence-electron chi connectivity index (χ0n) is 15.7. The number of aliphatic carboxylic acids is 1. The van der Waals surface area contributed by atoms with Crippen molar-refractivity contribution in [2.75, 3.05) is 19.9 Å². The fraction of sp³-hybridized carbons (Fsp3) is 0.882. The van der Waals surface area contributed by atoms with Crippen LogP contribution in [0.5, 0.6) is 0 Å². The summed E-state index contributed by atoms with van der Waals surface area (Å²) >= 11 is 0. The number of carbonyl (C=O) groups is 2. The molecule has 0 aromatic heterocycles. The van der Waals surface area contributed by atoms with Crippen molar-refractivity contribution >= 4 is 12.1 Å². The van der Waals surface area contributed by atoms with Gasteiger partial charge in [0, 0.05) is 12.6 Å². The van der Waals surface area contributed by atoms with Gasteiger partial charge in [0.1, 0.15) is 11.6 Å². The quantitative estimate of drug-likeness (QED) is 0.783. The van der Waals surface area contributed by atoms with Gasteiger partial charge in [-0.3, -0.25) is 14.6 Å². The first-order valence-electron chi connectivity index (χ1n) is 8.72. The van der Waals surface area contributed by atoms with Crippen LogP contribution in [0.4, 0.5) is 4.79 Å². The van der Waals surface area contributed by atoms with Crippen LogP contribution in [0.1, 0.15) is 47.5 Å². The van der Waals surface area contributed by atoms with Crippen LogP contribution in [0, 0.1) is 0 Å². The van der Waals surface area contributed by atoms with Crippen molar-refractivity contribution in [2.45, 2.75) is 76.8 Å². The van der Waals surface area contributed by atoms with Gasteiger partial charge in [0.05, 0.1) is 25.0 Å². The highest BCUT2D eigenvalue weighted by molar-refractivity contribution is 5.74. The lowest BCUT2D eigenvalue weighted by molar-refractivity contribution is -0.164. The Morgan fingerprint density at radius 1 is 1.36 bits per heavy atom. The Bertz CT molecular complexity index is 514. The highest BCUT2D eigenvalue weighted by Crippen LogP contribution is 2.38. The van der Waals surface area contributed by atoms with E-state index in [1.807, 2.05) is 27.7 Å². The number of carboxylic acid groups (broad SMARTS) is 1. The Hall–Kier alpha value is -1.38. The minimum Gasteiger partial charge on any atom is -0.480 e. The van der Waals surface area contributed by atoms with E-state index in [1.54, 1.807) is 9.80 Å². The molecule has 8 nitrogen and oxygen atoms in total. The second kappa shape index (κ2) is 7.09. The minimum atomic E-state index is -1.11. The third-order valence-corrected chi connectivity index (χ3v) is 4.80. The number of aliphatic hydroxyl groups is 1. The van der Waals surface area contributed by atoms with Crippen LogP contribution in [0.3, 0.4) is 0 Å². The number of rotatable bonds is 3. The first-order chi connectivity index (χ1) is 11.5. The molecule has 1 spiro atoms. The van der Waals surface area contributed by atoms with Crippen LogP contribution in [0.2, 0.25) is 0 Å². The highest BCUT2D eigenvalue weighted by Gasteiger charge is 2.53. The zero-order chi connectivity index (χ0) is 19.0. The summed E-state index contributed by atoms with van der Waals surface area (Å²) in [5.74, 6) is -1.11. The number of nitrogens with zero attached hydrogens (tertiary/aromatic N) is 2. The molecule has 2 fully saturated rings. The largest absolute Gasteiger partial charge is 0.480 e. The van der Waals surface area contributed by atoms with E-state index in [0.717, 1.165) is 6.42 Å². The van der Waals surface area contributed by atoms with Gasteiger partial charge in [-0.05, 0) is 47.5 Å². The molecule has 0 aromatic carbocycles. The summed E-state index contributed by atoms with van der Waals surface area (Å²) in [7, 11) is 0. The second-order valence-electron chi connectivity index (χ2n) is 8.21. The summed E-state index contributed by atoms with van der Waals surface area (Å²) < 4.78 is 11.2. The van der Waals surface area contributed by atoms with E-state index in [1.165, 1.54) is 6.92 Å². The van der Waals surface area contributed by atoms with Gasteiger partial charge in [0.2, 0.25) is 0 Å². The van der Waals surface area contributed by atoms with Gasteiger partial charge >= 0.3 is 12.1 Å². The molecule has 2 N–H and O–H groups in total. The predicted molar refractivity (Wildman–Crippen MR) is 90.1 cm³/mol. The van der Waals surface area contributed by atoms with E-state index in [-0.39, 0.29) is 12.8 Å². The molecule has 2 aliphatic heterocycles. The number of hydrogen-bond acceptors (Lipinski definition) is 6. The van der Waals surface area contributed by atoms with E-state index in [4.69, 9.17) is 9.47 Å². The Morgan fingerprint density at radius 2 is 2.00 bits per heavy atom. The number of hydrogen-bond donors (Lipinski definition) is 2. The molecule has 8 heteroatoms. The molecular formula is C17H30N2O6. The summed E-state index contributed by atoms with van der Waals surface area (Å²) in [4.78, 5) is 27.6. The molecule has 4 atom stereocenters. The van der Waals surface area contributed by atoms with Crippen molar-refractivity contribution in [1.29, 1.82) is 0 Å². The Labute approximate surface area is 148 Å². The Kier molecular flexibility index (Phi) is 5.65. The molecule has 2 unspecified atom stereocenters. The van der Waals surface area contributed by atoms with Crippen molar-refractivity contribution in [3.05, 3.63) is 0 Å². The SMILES string of the molecule is CC1CCC2(COCN([C@H](C(=O)O)[C@@H](C)O)C2)N1C(=O)OC(C)(C)C. The van der Waals surface area contributed by atoms with Crippen LogP contribution in [-0.2, 0) is 14.3 Å². The average Bonchev–Trinajstić information content (AvgIpc) is 2.72. The van der Waals surface area contributed by atoms with Crippen molar-refractivity contribution in [1.82, 2.24) is 9.80 Å². The summed E-state index contributed by atoms with van der Waals surface area (Å²) in [6, 6.07) is -1.10. The number of carbonyl (C=O) groups excluding carboxylic acids is 1. The van der Waals surface area contributed by atoms with Crippen LogP contribution >= 0.6 is 0 Å². The van der Waals surface area contributed by atoms with Crippen LogP contribution in [-0.4, -0.2) is 81.3 Å². The number of carboxylic acids is 1. The maximum atomic E-state index is 12.8. The molecule has 0 bridgehead atoms. The van der Waals surface area contributed by atoms with Crippen molar-refractivity contribution in [3.63, 3.8) is 0 Å². The molecule has 2 heterocycles. The van der Waals surface area contributed by atoms with E-state index in [2.05, 4.69) is 0 Å². The van der Waals surface area contributed by atoms with E-state index >= 15 is 0 Å². The van der Waals surface area contributed by atoms with E-state index < -0.39 is 35.3 Å². The topological polar surface area (TPSA) is 99.5 Å². The molecule has 144 valence electrons. The number of likely N-dealkylation sites (tertiary alicyclic amines) is 1. The fourth-order valence-corrected chi connectivity index (χ4v) is 3.84. The van der Waals surface area contributed by atoms with Crippen LogP contribution in [0.15, 0.2) is 0 Å². The number of amides is 1. The Balaban J connectivity index is 2.25. The lowest BCUT2D eigenvalue weighted by Crippen LogP contribution is -2.65. The average molecular weight is 358 g/mol. The maximum absolute atomic E-state index is 12.8. The molecule has 1 amide bonds. The second-order valence-corrected chi connectivity index (χ2v) is 8.21. The third kappa shape index (κ3) is 4.24. The Morgan fingerprint density at radius 3 is 2.52 bits per heavy atom. The monoisotopic (exact) mass is 358 g/mol. The molecule has 2 aliphatic rings. The predicted octanol–water partition coefficient (Wildman–Crippen LogP) is 1.27. The smallest absolute Gasteiger partial charge is 0.411 e. The molecule has 25 heavy (non-hydrogen) atoms. The van der Waals surface area contributed by atoms with Gasteiger partial charge in [0.25, 0.3) is 0 Å². The summed E-state index contributed by atoms with van der Waals surface area (Å²) in [6.07, 6.45) is 0.0377. The zero-order valence-corrected chi connectivity index (χ0v) is 15.7. The fourth-order valence-electron chi connectivity index (χ4n) is 3.84. The van der Waals surface area contributed by atoms with Gasteiger partial charge in [-0.15, -0.1) is 0 Å². The molecular weight excluding hydrogens is 328 g/mol. The molecule has 2 saturated heterocycles. The summed E-state index contributed by atoms with van der Waals surface area (Å²) in [6.45, 7) is 9.63. The van der Waals surface area contributed by atoms with Gasteiger partial charge in [-0.2, -0.15) is 0 Å². The van der Waals surface area contributed by atoms with E-state index in [9.17, 15) is 19.8 Å². The maximum Gasteiger partial charge on any atom is 0.411 e. The molecule has 0 radical (unpaired) electrons. The third-order valence-electron chi connectivity index (χ3n) is 4.80. The van der Waals surface area contributed by atoms with Crippen molar-refractivity contribution in [2.24, 2.45) is 0 Å². The number of ether oxygens (including phenoxy) is 2. The lowest BCUT2D eigenvalue weighted by Gasteiger charge is -2.48. The van der Waals surface area contributed by atoms with Crippen LogP contribution < -0.4 is 0 Å². The molecule has 0 saturated carbocycles. The normalized spacial score (nSPS) is 30.3. The van der Waals surface area contributed by atoms with Crippen molar-refractivity contribution in [3.8, 4) is 0 Å². The molecule has 2 rings (SSSR count). The number of aliphatic hydroxyl groups excluding tert-OH is 1. The van der Waals surface area contributed by atoms with Gasteiger partial charge in [0.15, 0.2) is 0 Å². The van der Waals surface area contributed by atoms with Crippen LogP contribution in [0.25, 0.3) is 0 Å². The summed E-state index contributed by atoms with van der Waals surface area (Å²) in [5, 5.41) is 19.3. The molecule has 0 aliphatic carbocycles. The summed E-state index contributed by atoms with van der Waals surface area (Å²) in [5.41, 5.74) is -1.25. The lowest BCUT2D eigenvalue weighted by atomic mass is 9.94.